The van der Waals surface area contributed by atoms with Crippen LogP contribution in [0.25, 0.3) is 0 Å². The highest BCUT2D eigenvalue weighted by Crippen LogP contribution is 2.28. The predicted octanol–water partition coefficient (Wildman–Crippen LogP) is 4.49. The molecule has 0 heteroatoms. The third kappa shape index (κ3) is 6.69. The summed E-state index contributed by atoms with van der Waals surface area (Å²) in [7, 11) is 0. The van der Waals surface area contributed by atoms with Crippen LogP contribution < -0.4 is 0 Å². The first-order valence-electron chi connectivity index (χ1n) is 5.54. The Labute approximate surface area is 78.8 Å². The molecule has 0 spiro atoms. The summed E-state index contributed by atoms with van der Waals surface area (Å²) in [5.74, 6) is 2.84. The first-order valence-corrected chi connectivity index (χ1v) is 5.54. The fourth-order valence-corrected chi connectivity index (χ4v) is 1.50. The first kappa shape index (κ1) is 12.0. The summed E-state index contributed by atoms with van der Waals surface area (Å²) in [6, 6.07) is 0. The molecule has 74 valence electrons. The van der Waals surface area contributed by atoms with Gasteiger partial charge in [0.15, 0.2) is 0 Å². The standard InChI is InChI=1S/C8H16.C4H10/c1-7-5-3-4-6-8(7)2;1-4(2)3/h7-8H,3-6H2,1-2H3;4H,1-3H3. The molecule has 1 aliphatic rings. The van der Waals surface area contributed by atoms with E-state index >= 15 is 0 Å². The van der Waals surface area contributed by atoms with Crippen molar-refractivity contribution in [3.05, 3.63) is 0 Å². The summed E-state index contributed by atoms with van der Waals surface area (Å²) < 4.78 is 0. The van der Waals surface area contributed by atoms with Gasteiger partial charge in [-0.2, -0.15) is 0 Å². The zero-order valence-corrected chi connectivity index (χ0v) is 9.56. The van der Waals surface area contributed by atoms with Gasteiger partial charge in [0.25, 0.3) is 0 Å². The molecule has 0 radical (unpaired) electrons. The summed E-state index contributed by atoms with van der Waals surface area (Å²) >= 11 is 0. The van der Waals surface area contributed by atoms with E-state index in [0.717, 1.165) is 17.8 Å². The van der Waals surface area contributed by atoms with E-state index in [0.29, 0.717) is 0 Å². The van der Waals surface area contributed by atoms with E-state index in [2.05, 4.69) is 34.6 Å². The second-order valence-corrected chi connectivity index (χ2v) is 4.97. The smallest absolute Gasteiger partial charge is 0.0417 e. The van der Waals surface area contributed by atoms with E-state index in [1.54, 1.807) is 0 Å². The minimum atomic E-state index is 0.833. The number of rotatable bonds is 0. The molecule has 0 aliphatic heterocycles. The van der Waals surface area contributed by atoms with Crippen molar-refractivity contribution >= 4 is 0 Å². The highest BCUT2D eigenvalue weighted by atomic mass is 14.2. The van der Waals surface area contributed by atoms with Crippen molar-refractivity contribution in [1.29, 1.82) is 0 Å². The first-order chi connectivity index (χ1) is 5.54. The molecule has 12 heavy (non-hydrogen) atoms. The van der Waals surface area contributed by atoms with Crippen LogP contribution in [-0.2, 0) is 0 Å². The van der Waals surface area contributed by atoms with Gasteiger partial charge in [-0.1, -0.05) is 60.3 Å². The van der Waals surface area contributed by atoms with E-state index in [4.69, 9.17) is 0 Å². The maximum absolute atomic E-state index is 2.38. The monoisotopic (exact) mass is 170 g/mol. The Hall–Kier alpha value is 0. The van der Waals surface area contributed by atoms with Gasteiger partial charge in [-0.25, -0.2) is 0 Å². The van der Waals surface area contributed by atoms with Gasteiger partial charge >= 0.3 is 0 Å². The molecule has 0 saturated heterocycles. The van der Waals surface area contributed by atoms with Gasteiger partial charge in [0, 0.05) is 0 Å². The number of hydrogen-bond donors (Lipinski definition) is 0. The third-order valence-electron chi connectivity index (χ3n) is 2.54. The average Bonchev–Trinajstić information content (AvgIpc) is 1.94. The van der Waals surface area contributed by atoms with Gasteiger partial charge < -0.3 is 0 Å². The van der Waals surface area contributed by atoms with Crippen LogP contribution in [0.5, 0.6) is 0 Å². The summed E-state index contributed by atoms with van der Waals surface area (Å²) in [6.45, 7) is 11.3. The summed E-state index contributed by atoms with van der Waals surface area (Å²) in [5, 5.41) is 0. The maximum Gasteiger partial charge on any atom is -0.0417 e. The molecular formula is C12H26. The molecule has 2 atom stereocenters. The molecule has 1 saturated carbocycles. The molecule has 0 heterocycles. The van der Waals surface area contributed by atoms with Gasteiger partial charge in [-0.05, 0) is 17.8 Å². The van der Waals surface area contributed by atoms with E-state index < -0.39 is 0 Å². The molecule has 0 nitrogen and oxygen atoms in total. The van der Waals surface area contributed by atoms with Crippen LogP contribution in [0.3, 0.4) is 0 Å². The zero-order chi connectivity index (χ0) is 9.56. The van der Waals surface area contributed by atoms with E-state index in [9.17, 15) is 0 Å². The molecule has 0 aromatic rings. The van der Waals surface area contributed by atoms with Crippen molar-refractivity contribution in [3.8, 4) is 0 Å². The average molecular weight is 170 g/mol. The van der Waals surface area contributed by atoms with Gasteiger partial charge in [0.05, 0.1) is 0 Å². The lowest BCUT2D eigenvalue weighted by Gasteiger charge is -2.24. The molecule has 1 aliphatic carbocycles. The Balaban J connectivity index is 0.000000261. The van der Waals surface area contributed by atoms with Gasteiger partial charge in [0.2, 0.25) is 0 Å². The summed E-state index contributed by atoms with van der Waals surface area (Å²) in [4.78, 5) is 0. The predicted molar refractivity (Wildman–Crippen MR) is 57.3 cm³/mol. The van der Waals surface area contributed by atoms with Crippen molar-refractivity contribution in [2.75, 3.05) is 0 Å². The van der Waals surface area contributed by atoms with Crippen LogP contribution in [0.15, 0.2) is 0 Å². The fourth-order valence-electron chi connectivity index (χ4n) is 1.50. The SMILES string of the molecule is CC(C)C.CC1CCCCC1C. The molecule has 0 amide bonds. The van der Waals surface area contributed by atoms with Gasteiger partial charge in [-0.3, -0.25) is 0 Å². The zero-order valence-electron chi connectivity index (χ0n) is 9.56. The molecule has 0 aromatic heterocycles. The van der Waals surface area contributed by atoms with Crippen LogP contribution in [0.1, 0.15) is 60.3 Å². The maximum atomic E-state index is 2.38. The fraction of sp³-hybridized carbons (Fsp3) is 1.00. The van der Waals surface area contributed by atoms with Crippen LogP contribution in [0, 0.1) is 17.8 Å². The van der Waals surface area contributed by atoms with Crippen LogP contribution in [0.2, 0.25) is 0 Å². The Morgan fingerprint density at radius 3 is 1.25 bits per heavy atom. The molecule has 0 N–H and O–H groups in total. The van der Waals surface area contributed by atoms with E-state index in [1.165, 1.54) is 25.7 Å². The van der Waals surface area contributed by atoms with Gasteiger partial charge in [-0.15, -0.1) is 0 Å². The number of hydrogen-bond acceptors (Lipinski definition) is 0. The third-order valence-corrected chi connectivity index (χ3v) is 2.54. The topological polar surface area (TPSA) is 0 Å². The lowest BCUT2D eigenvalue weighted by Crippen LogP contribution is -2.12. The summed E-state index contributed by atoms with van der Waals surface area (Å²) in [6.07, 6.45) is 5.90. The van der Waals surface area contributed by atoms with Gasteiger partial charge in [0.1, 0.15) is 0 Å². The minimum absolute atomic E-state index is 0.833. The lowest BCUT2D eigenvalue weighted by atomic mass is 9.82. The largest absolute Gasteiger partial charge is 0.0630 e. The van der Waals surface area contributed by atoms with Crippen molar-refractivity contribution in [1.82, 2.24) is 0 Å². The van der Waals surface area contributed by atoms with Crippen LogP contribution >= 0.6 is 0 Å². The molecule has 0 aromatic carbocycles. The lowest BCUT2D eigenvalue weighted by molar-refractivity contribution is 0.277. The van der Waals surface area contributed by atoms with E-state index in [1.807, 2.05) is 0 Å². The Kier molecular flexibility index (Phi) is 6.51. The molecular weight excluding hydrogens is 144 g/mol. The Morgan fingerprint density at radius 1 is 0.833 bits per heavy atom. The molecule has 1 rings (SSSR count). The highest BCUT2D eigenvalue weighted by Gasteiger charge is 2.15. The normalized spacial score (nSPS) is 29.5. The minimum Gasteiger partial charge on any atom is -0.0630 e. The Morgan fingerprint density at radius 2 is 1.08 bits per heavy atom. The second-order valence-electron chi connectivity index (χ2n) is 4.97. The molecule has 0 bridgehead atoms. The van der Waals surface area contributed by atoms with Crippen LogP contribution in [0.4, 0.5) is 0 Å². The van der Waals surface area contributed by atoms with E-state index in [-0.39, 0.29) is 0 Å². The van der Waals surface area contributed by atoms with Crippen molar-refractivity contribution in [2.24, 2.45) is 17.8 Å². The second kappa shape index (κ2) is 6.51. The van der Waals surface area contributed by atoms with Crippen molar-refractivity contribution in [3.63, 3.8) is 0 Å². The summed E-state index contributed by atoms with van der Waals surface area (Å²) in [5.41, 5.74) is 0. The quantitative estimate of drug-likeness (QED) is 0.502. The van der Waals surface area contributed by atoms with Crippen molar-refractivity contribution in [2.45, 2.75) is 60.3 Å². The molecule has 2 unspecified atom stereocenters. The Bertz CT molecular complexity index is 81.5. The highest BCUT2D eigenvalue weighted by molar-refractivity contribution is 4.67. The van der Waals surface area contributed by atoms with Crippen molar-refractivity contribution < 1.29 is 0 Å². The van der Waals surface area contributed by atoms with Crippen LogP contribution in [-0.4, -0.2) is 0 Å². The molecule has 1 fully saturated rings.